The van der Waals surface area contributed by atoms with Crippen molar-refractivity contribution in [1.82, 2.24) is 0 Å². The largest absolute Gasteiger partial charge is 0.478 e. The van der Waals surface area contributed by atoms with Crippen LogP contribution in [0.4, 0.5) is 5.69 Å². The highest BCUT2D eigenvalue weighted by atomic mass is 35.5. The van der Waals surface area contributed by atoms with E-state index in [2.05, 4.69) is 0 Å². The lowest BCUT2D eigenvalue weighted by molar-refractivity contribution is 0.0697. The molecule has 104 valence electrons. The van der Waals surface area contributed by atoms with Crippen LogP contribution >= 0.6 is 11.6 Å². The number of carboxylic acid groups (broad SMARTS) is 1. The number of hydrogen-bond donors (Lipinski definition) is 2. The molecule has 20 heavy (non-hydrogen) atoms. The van der Waals surface area contributed by atoms with Crippen LogP contribution in [-0.2, 0) is 6.42 Å². The van der Waals surface area contributed by atoms with Crippen molar-refractivity contribution >= 4 is 23.3 Å². The average molecular weight is 292 g/mol. The molecular formula is C15H14ClNO3. The van der Waals surface area contributed by atoms with Crippen LogP contribution in [0, 0.1) is 0 Å². The Kier molecular flexibility index (Phi) is 4.15. The van der Waals surface area contributed by atoms with Crippen LogP contribution in [0.3, 0.4) is 0 Å². The first-order valence-electron chi connectivity index (χ1n) is 6.10. The number of rotatable bonds is 4. The molecule has 0 radical (unpaired) electrons. The Morgan fingerprint density at radius 1 is 1.25 bits per heavy atom. The number of carbonyl (C=O) groups is 1. The fraction of sp³-hybridized carbons (Fsp3) is 0.133. The van der Waals surface area contributed by atoms with E-state index < -0.39 is 5.97 Å². The van der Waals surface area contributed by atoms with Crippen LogP contribution in [-0.4, -0.2) is 11.1 Å². The highest BCUT2D eigenvalue weighted by Crippen LogP contribution is 2.28. The maximum absolute atomic E-state index is 11.0. The molecule has 4 nitrogen and oxygen atoms in total. The normalized spacial score (nSPS) is 10.3. The van der Waals surface area contributed by atoms with E-state index in [0.29, 0.717) is 16.5 Å². The van der Waals surface area contributed by atoms with Gasteiger partial charge in [-0.1, -0.05) is 18.5 Å². The second-order valence-electron chi connectivity index (χ2n) is 4.26. The van der Waals surface area contributed by atoms with E-state index in [0.717, 1.165) is 12.0 Å². The molecule has 0 aliphatic rings. The van der Waals surface area contributed by atoms with Crippen molar-refractivity contribution in [3.63, 3.8) is 0 Å². The van der Waals surface area contributed by atoms with Crippen molar-refractivity contribution in [1.29, 1.82) is 0 Å². The number of nitrogens with two attached hydrogens (primary N) is 1. The first-order chi connectivity index (χ1) is 9.51. The number of carboxylic acids is 1. The summed E-state index contributed by atoms with van der Waals surface area (Å²) in [6.07, 6.45) is 0.790. The number of hydrogen-bond acceptors (Lipinski definition) is 3. The van der Waals surface area contributed by atoms with E-state index in [1.165, 1.54) is 12.1 Å². The number of aryl methyl sites for hydroxylation is 1. The minimum Gasteiger partial charge on any atom is -0.478 e. The quantitative estimate of drug-likeness (QED) is 0.836. The van der Waals surface area contributed by atoms with Crippen molar-refractivity contribution in [3.8, 4) is 11.5 Å². The highest BCUT2D eigenvalue weighted by Gasteiger charge is 2.10. The third-order valence-electron chi connectivity index (χ3n) is 2.89. The fourth-order valence-electron chi connectivity index (χ4n) is 1.81. The van der Waals surface area contributed by atoms with E-state index >= 15 is 0 Å². The van der Waals surface area contributed by atoms with Gasteiger partial charge in [0, 0.05) is 10.7 Å². The lowest BCUT2D eigenvalue weighted by Crippen LogP contribution is -2.02. The predicted octanol–water partition coefficient (Wildman–Crippen LogP) is 3.98. The van der Waals surface area contributed by atoms with Gasteiger partial charge >= 0.3 is 5.97 Å². The van der Waals surface area contributed by atoms with Gasteiger partial charge in [0.05, 0.1) is 5.56 Å². The summed E-state index contributed by atoms with van der Waals surface area (Å²) >= 11 is 6.04. The molecule has 0 amide bonds. The first kappa shape index (κ1) is 14.2. The Bertz CT molecular complexity index is 656. The van der Waals surface area contributed by atoms with Gasteiger partial charge in [-0.2, -0.15) is 0 Å². The summed E-state index contributed by atoms with van der Waals surface area (Å²) in [7, 11) is 0. The van der Waals surface area contributed by atoms with E-state index in [9.17, 15) is 4.79 Å². The number of anilines is 1. The van der Waals surface area contributed by atoms with E-state index in [1.807, 2.05) is 13.0 Å². The molecule has 0 aromatic heterocycles. The second-order valence-corrected chi connectivity index (χ2v) is 4.67. The third kappa shape index (κ3) is 3.03. The molecule has 0 saturated carbocycles. The van der Waals surface area contributed by atoms with Crippen molar-refractivity contribution in [3.05, 3.63) is 52.5 Å². The summed E-state index contributed by atoms with van der Waals surface area (Å²) < 4.78 is 5.64. The third-order valence-corrected chi connectivity index (χ3v) is 3.26. The Morgan fingerprint density at radius 3 is 2.55 bits per heavy atom. The predicted molar refractivity (Wildman–Crippen MR) is 78.7 cm³/mol. The van der Waals surface area contributed by atoms with E-state index in [-0.39, 0.29) is 11.3 Å². The van der Waals surface area contributed by atoms with Crippen LogP contribution in [0.5, 0.6) is 11.5 Å². The molecule has 0 aliphatic heterocycles. The van der Waals surface area contributed by atoms with E-state index in [1.54, 1.807) is 18.2 Å². The Balaban J connectivity index is 2.30. The van der Waals surface area contributed by atoms with Crippen molar-refractivity contribution < 1.29 is 14.6 Å². The van der Waals surface area contributed by atoms with Gasteiger partial charge in [-0.25, -0.2) is 4.79 Å². The Hall–Kier alpha value is -2.20. The number of benzene rings is 2. The van der Waals surface area contributed by atoms with Crippen molar-refractivity contribution in [2.45, 2.75) is 13.3 Å². The minimum absolute atomic E-state index is 0.0205. The van der Waals surface area contributed by atoms with Gasteiger partial charge in [-0.15, -0.1) is 0 Å². The molecule has 3 N–H and O–H groups in total. The summed E-state index contributed by atoms with van der Waals surface area (Å²) in [5.41, 5.74) is 6.79. The highest BCUT2D eigenvalue weighted by molar-refractivity contribution is 6.31. The number of ether oxygens (including phenoxy) is 1. The number of halogens is 1. The van der Waals surface area contributed by atoms with Crippen LogP contribution in [0.2, 0.25) is 5.02 Å². The monoisotopic (exact) mass is 291 g/mol. The lowest BCUT2D eigenvalue weighted by Gasteiger charge is -2.10. The molecular weight excluding hydrogens is 278 g/mol. The van der Waals surface area contributed by atoms with Crippen LogP contribution in [0.25, 0.3) is 0 Å². The zero-order valence-electron chi connectivity index (χ0n) is 10.9. The van der Waals surface area contributed by atoms with Gasteiger partial charge in [0.15, 0.2) is 0 Å². The molecule has 0 bridgehead atoms. The lowest BCUT2D eigenvalue weighted by atomic mass is 10.1. The smallest absolute Gasteiger partial charge is 0.337 e. The maximum atomic E-state index is 11.0. The van der Waals surface area contributed by atoms with Crippen LogP contribution < -0.4 is 10.5 Å². The van der Waals surface area contributed by atoms with E-state index in [4.69, 9.17) is 27.2 Å². The minimum atomic E-state index is -1.08. The Labute approximate surface area is 121 Å². The molecule has 0 saturated heterocycles. The van der Waals surface area contributed by atoms with Gasteiger partial charge < -0.3 is 15.6 Å². The standard InChI is InChI=1S/C15H14ClNO3/c1-2-9-7-10(3-5-13(9)16)20-11-4-6-14(17)12(8-11)15(18)19/h3-8H,2,17H2,1H3,(H,18,19). The zero-order chi connectivity index (χ0) is 14.7. The topological polar surface area (TPSA) is 72.5 Å². The summed E-state index contributed by atoms with van der Waals surface area (Å²) in [6.45, 7) is 2.00. The maximum Gasteiger partial charge on any atom is 0.337 e. The first-order valence-corrected chi connectivity index (χ1v) is 6.48. The summed E-state index contributed by atoms with van der Waals surface area (Å²) in [5, 5.41) is 9.71. The molecule has 0 atom stereocenters. The van der Waals surface area contributed by atoms with Gasteiger partial charge in [-0.05, 0) is 48.4 Å². The molecule has 2 aromatic carbocycles. The van der Waals surface area contributed by atoms with Crippen molar-refractivity contribution in [2.24, 2.45) is 0 Å². The van der Waals surface area contributed by atoms with Crippen molar-refractivity contribution in [2.75, 3.05) is 5.73 Å². The summed E-state index contributed by atoms with van der Waals surface area (Å²) in [5.74, 6) is -0.0633. The van der Waals surface area contributed by atoms with Gasteiger partial charge in [0.25, 0.3) is 0 Å². The number of nitrogen functional groups attached to an aromatic ring is 1. The average Bonchev–Trinajstić information content (AvgIpc) is 2.42. The molecule has 0 fully saturated rings. The number of aromatic carboxylic acids is 1. The van der Waals surface area contributed by atoms with Gasteiger partial charge in [0.2, 0.25) is 0 Å². The Morgan fingerprint density at radius 2 is 1.90 bits per heavy atom. The SMILES string of the molecule is CCc1cc(Oc2ccc(N)c(C(=O)O)c2)ccc1Cl. The van der Waals surface area contributed by atoms with Gasteiger partial charge in [-0.3, -0.25) is 0 Å². The molecule has 0 aliphatic carbocycles. The summed E-state index contributed by atoms with van der Waals surface area (Å²) in [6, 6.07) is 9.86. The second kappa shape index (κ2) is 5.84. The molecule has 0 heterocycles. The molecule has 2 rings (SSSR count). The fourth-order valence-corrected chi connectivity index (χ4v) is 2.06. The van der Waals surface area contributed by atoms with Gasteiger partial charge in [0.1, 0.15) is 11.5 Å². The molecule has 5 heteroatoms. The summed E-state index contributed by atoms with van der Waals surface area (Å²) in [4.78, 5) is 11.0. The molecule has 0 spiro atoms. The van der Waals surface area contributed by atoms with Crippen LogP contribution in [0.1, 0.15) is 22.8 Å². The zero-order valence-corrected chi connectivity index (χ0v) is 11.6. The van der Waals surface area contributed by atoms with Crippen LogP contribution in [0.15, 0.2) is 36.4 Å². The molecule has 0 unspecified atom stereocenters. The molecule has 2 aromatic rings.